The molecular weight excluding hydrogens is 254 g/mol. The molecule has 0 spiro atoms. The van der Waals surface area contributed by atoms with E-state index in [0.29, 0.717) is 21.4 Å². The van der Waals surface area contributed by atoms with Crippen molar-refractivity contribution in [1.29, 1.82) is 0 Å². The maximum Gasteiger partial charge on any atom is 0.0589 e. The third-order valence-corrected chi connectivity index (χ3v) is 4.21. The van der Waals surface area contributed by atoms with Crippen LogP contribution in [0.25, 0.3) is 0 Å². The molecule has 0 fully saturated rings. The van der Waals surface area contributed by atoms with Gasteiger partial charge in [0.1, 0.15) is 0 Å². The Labute approximate surface area is 108 Å². The molecule has 0 saturated heterocycles. The van der Waals surface area contributed by atoms with Crippen LogP contribution < -0.4 is 5.73 Å². The van der Waals surface area contributed by atoms with Gasteiger partial charge in [-0.25, -0.2) is 0 Å². The van der Waals surface area contributed by atoms with Crippen LogP contribution in [0.3, 0.4) is 0 Å². The minimum absolute atomic E-state index is 0.425. The summed E-state index contributed by atoms with van der Waals surface area (Å²) in [7, 11) is -1.14. The average molecular weight is 266 g/mol. The Kier molecular flexibility index (Phi) is 3.82. The highest BCUT2D eigenvalue weighted by atomic mass is 35.5. The number of hydrogen-bond acceptors (Lipinski definition) is 2. The first-order chi connectivity index (χ1) is 8.16. The summed E-state index contributed by atoms with van der Waals surface area (Å²) in [5, 5.41) is 0.537. The minimum atomic E-state index is -1.14. The fraction of sp³-hybridized carbons (Fsp3) is 0.0769. The Morgan fingerprint density at radius 1 is 1.12 bits per heavy atom. The van der Waals surface area contributed by atoms with E-state index in [4.69, 9.17) is 17.3 Å². The second kappa shape index (κ2) is 5.34. The van der Waals surface area contributed by atoms with Crippen LogP contribution in [0.15, 0.2) is 53.4 Å². The molecule has 0 bridgehead atoms. The highest BCUT2D eigenvalue weighted by Gasteiger charge is 2.08. The van der Waals surface area contributed by atoms with Crippen molar-refractivity contribution in [3.05, 3.63) is 59.1 Å². The van der Waals surface area contributed by atoms with Gasteiger partial charge in [-0.3, -0.25) is 4.21 Å². The van der Waals surface area contributed by atoms with E-state index in [1.165, 1.54) is 0 Å². The number of nitrogens with two attached hydrogens (primary N) is 1. The van der Waals surface area contributed by atoms with Gasteiger partial charge in [-0.2, -0.15) is 0 Å². The predicted octanol–water partition coefficient (Wildman–Crippen LogP) is 3.23. The van der Waals surface area contributed by atoms with E-state index in [2.05, 4.69) is 0 Å². The summed E-state index contributed by atoms with van der Waals surface area (Å²) in [4.78, 5) is 0.664. The monoisotopic (exact) mass is 265 g/mol. The van der Waals surface area contributed by atoms with E-state index >= 15 is 0 Å². The zero-order valence-electron chi connectivity index (χ0n) is 9.10. The van der Waals surface area contributed by atoms with E-state index < -0.39 is 10.8 Å². The van der Waals surface area contributed by atoms with Gasteiger partial charge in [-0.05, 0) is 29.8 Å². The van der Waals surface area contributed by atoms with E-state index in [0.717, 1.165) is 5.56 Å². The quantitative estimate of drug-likeness (QED) is 0.866. The minimum Gasteiger partial charge on any atom is -0.399 e. The molecule has 0 aliphatic carbocycles. The van der Waals surface area contributed by atoms with Gasteiger partial charge < -0.3 is 5.73 Å². The van der Waals surface area contributed by atoms with Gasteiger partial charge in [0.2, 0.25) is 0 Å². The topological polar surface area (TPSA) is 43.1 Å². The molecule has 0 aliphatic rings. The van der Waals surface area contributed by atoms with Crippen molar-refractivity contribution in [2.45, 2.75) is 10.6 Å². The standard InChI is InChI=1S/C13H12ClNOS/c14-12-6-1-2-7-13(12)17(16)9-10-4-3-5-11(15)8-10/h1-8H,9,15H2. The van der Waals surface area contributed by atoms with Crippen LogP contribution in [0.4, 0.5) is 5.69 Å². The van der Waals surface area contributed by atoms with Crippen LogP contribution in [0.1, 0.15) is 5.56 Å². The number of benzene rings is 2. The molecule has 2 rings (SSSR count). The molecule has 88 valence electrons. The van der Waals surface area contributed by atoms with Crippen LogP contribution >= 0.6 is 11.6 Å². The number of rotatable bonds is 3. The lowest BCUT2D eigenvalue weighted by Gasteiger charge is -2.05. The van der Waals surface area contributed by atoms with Crippen molar-refractivity contribution >= 4 is 28.1 Å². The Hall–Kier alpha value is -1.32. The number of anilines is 1. The van der Waals surface area contributed by atoms with Gasteiger partial charge in [-0.15, -0.1) is 0 Å². The molecule has 2 nitrogen and oxygen atoms in total. The van der Waals surface area contributed by atoms with Gasteiger partial charge >= 0.3 is 0 Å². The number of hydrogen-bond donors (Lipinski definition) is 1. The fourth-order valence-corrected chi connectivity index (χ4v) is 3.09. The van der Waals surface area contributed by atoms with Crippen molar-refractivity contribution < 1.29 is 4.21 Å². The van der Waals surface area contributed by atoms with Crippen LogP contribution in [-0.4, -0.2) is 4.21 Å². The normalized spacial score (nSPS) is 12.3. The first-order valence-electron chi connectivity index (χ1n) is 5.14. The molecule has 2 N–H and O–H groups in total. The van der Waals surface area contributed by atoms with Crippen molar-refractivity contribution in [2.24, 2.45) is 0 Å². The summed E-state index contributed by atoms with van der Waals surface area (Å²) in [6.45, 7) is 0. The zero-order chi connectivity index (χ0) is 12.3. The van der Waals surface area contributed by atoms with Gasteiger partial charge in [0.15, 0.2) is 0 Å². The summed E-state index contributed by atoms with van der Waals surface area (Å²) >= 11 is 6.00. The predicted molar refractivity (Wildman–Crippen MR) is 72.4 cm³/mol. The van der Waals surface area contributed by atoms with Gasteiger partial charge in [0, 0.05) is 5.69 Å². The molecule has 0 saturated carbocycles. The molecule has 2 aromatic rings. The fourth-order valence-electron chi connectivity index (χ4n) is 1.54. The Morgan fingerprint density at radius 2 is 1.88 bits per heavy atom. The smallest absolute Gasteiger partial charge is 0.0589 e. The summed E-state index contributed by atoms with van der Waals surface area (Å²) in [5.41, 5.74) is 7.30. The molecule has 2 aromatic carbocycles. The summed E-state index contributed by atoms with van der Waals surface area (Å²) < 4.78 is 12.1. The van der Waals surface area contributed by atoms with Crippen molar-refractivity contribution in [3.8, 4) is 0 Å². The first kappa shape index (κ1) is 12.1. The molecule has 0 amide bonds. The molecule has 0 heterocycles. The van der Waals surface area contributed by atoms with E-state index in [9.17, 15) is 4.21 Å². The third kappa shape index (κ3) is 3.08. The lowest BCUT2D eigenvalue weighted by atomic mass is 10.2. The largest absolute Gasteiger partial charge is 0.399 e. The lowest BCUT2D eigenvalue weighted by Crippen LogP contribution is -1.98. The average Bonchev–Trinajstić information content (AvgIpc) is 2.29. The van der Waals surface area contributed by atoms with Gasteiger partial charge in [-0.1, -0.05) is 35.9 Å². The van der Waals surface area contributed by atoms with E-state index in [-0.39, 0.29) is 0 Å². The molecule has 0 radical (unpaired) electrons. The third-order valence-electron chi connectivity index (χ3n) is 2.33. The second-order valence-corrected chi connectivity index (χ2v) is 5.49. The SMILES string of the molecule is Nc1cccc(CS(=O)c2ccccc2Cl)c1. The Morgan fingerprint density at radius 3 is 2.59 bits per heavy atom. The van der Waals surface area contributed by atoms with Crippen molar-refractivity contribution in [2.75, 3.05) is 5.73 Å². The molecule has 0 aromatic heterocycles. The molecule has 1 unspecified atom stereocenters. The van der Waals surface area contributed by atoms with Crippen LogP contribution in [-0.2, 0) is 16.6 Å². The lowest BCUT2D eigenvalue weighted by molar-refractivity contribution is 0.682. The van der Waals surface area contributed by atoms with E-state index in [1.54, 1.807) is 12.1 Å². The van der Waals surface area contributed by atoms with Crippen molar-refractivity contribution in [3.63, 3.8) is 0 Å². The number of halogens is 1. The Bertz CT molecular complexity index is 557. The van der Waals surface area contributed by atoms with Gasteiger partial charge in [0.25, 0.3) is 0 Å². The molecule has 4 heteroatoms. The first-order valence-corrected chi connectivity index (χ1v) is 6.84. The number of nitrogen functional groups attached to an aromatic ring is 1. The Balaban J connectivity index is 2.20. The van der Waals surface area contributed by atoms with Crippen LogP contribution in [0, 0.1) is 0 Å². The van der Waals surface area contributed by atoms with Gasteiger partial charge in [0.05, 0.1) is 26.5 Å². The molecular formula is C13H12ClNOS. The maximum atomic E-state index is 12.1. The zero-order valence-corrected chi connectivity index (χ0v) is 10.7. The molecule has 17 heavy (non-hydrogen) atoms. The highest BCUT2D eigenvalue weighted by molar-refractivity contribution is 7.84. The highest BCUT2D eigenvalue weighted by Crippen LogP contribution is 2.21. The maximum absolute atomic E-state index is 12.1. The molecule has 1 atom stereocenters. The summed E-state index contributed by atoms with van der Waals surface area (Å²) in [5.74, 6) is 0.425. The van der Waals surface area contributed by atoms with Crippen LogP contribution in [0.5, 0.6) is 0 Å². The second-order valence-electron chi connectivity index (χ2n) is 3.67. The van der Waals surface area contributed by atoms with E-state index in [1.807, 2.05) is 36.4 Å². The van der Waals surface area contributed by atoms with Crippen molar-refractivity contribution in [1.82, 2.24) is 0 Å². The van der Waals surface area contributed by atoms with Crippen LogP contribution in [0.2, 0.25) is 5.02 Å². The summed E-state index contributed by atoms with van der Waals surface area (Å²) in [6.07, 6.45) is 0. The molecule has 0 aliphatic heterocycles. The summed E-state index contributed by atoms with van der Waals surface area (Å²) in [6, 6.07) is 14.6.